The van der Waals surface area contributed by atoms with E-state index < -0.39 is 0 Å². The van der Waals surface area contributed by atoms with Crippen LogP contribution in [0.3, 0.4) is 0 Å². The van der Waals surface area contributed by atoms with Crippen molar-refractivity contribution >= 4 is 11.7 Å². The predicted octanol–water partition coefficient (Wildman–Crippen LogP) is 2.81. The Kier molecular flexibility index (Phi) is 4.67. The number of rotatable bonds is 3. The van der Waals surface area contributed by atoms with Gasteiger partial charge in [0, 0.05) is 37.3 Å². The maximum Gasteiger partial charge on any atom is 0.222 e. The Morgan fingerprint density at radius 2 is 1.96 bits per heavy atom. The minimum absolute atomic E-state index is 0.355. The fourth-order valence-electron chi connectivity index (χ4n) is 5.01. The number of carbonyl (C=O) groups is 1. The molecular weight excluding hydrogens is 312 g/mol. The maximum absolute atomic E-state index is 12.4. The zero-order valence-corrected chi connectivity index (χ0v) is 15.1. The third kappa shape index (κ3) is 3.52. The molecule has 3 aliphatic rings. The van der Waals surface area contributed by atoms with Gasteiger partial charge in [0.15, 0.2) is 0 Å². The molecule has 1 aromatic heterocycles. The molecule has 136 valence electrons. The van der Waals surface area contributed by atoms with Gasteiger partial charge in [-0.25, -0.2) is 4.98 Å². The average Bonchev–Trinajstić information content (AvgIpc) is 3.16. The summed E-state index contributed by atoms with van der Waals surface area (Å²) in [5.41, 5.74) is 7.48. The summed E-state index contributed by atoms with van der Waals surface area (Å²) in [4.78, 5) is 21.4. The Morgan fingerprint density at radius 1 is 1.20 bits per heavy atom. The highest BCUT2D eigenvalue weighted by Crippen LogP contribution is 2.42. The van der Waals surface area contributed by atoms with E-state index in [1.807, 2.05) is 6.07 Å². The topological polar surface area (TPSA) is 62.5 Å². The molecule has 5 nitrogen and oxygen atoms in total. The number of anilines is 1. The van der Waals surface area contributed by atoms with E-state index in [4.69, 9.17) is 5.73 Å². The molecule has 2 saturated heterocycles. The number of nitrogens with two attached hydrogens (primary N) is 1. The van der Waals surface area contributed by atoms with Gasteiger partial charge in [-0.1, -0.05) is 18.9 Å². The molecule has 4 rings (SSSR count). The maximum atomic E-state index is 12.4. The number of nitrogen functional groups attached to an aromatic ring is 1. The normalized spacial score (nSPS) is 25.0. The largest absolute Gasteiger partial charge is 0.383 e. The van der Waals surface area contributed by atoms with Crippen molar-refractivity contribution in [1.29, 1.82) is 0 Å². The molecule has 1 saturated carbocycles. The molecule has 2 aliphatic heterocycles. The van der Waals surface area contributed by atoms with Gasteiger partial charge in [0.1, 0.15) is 5.82 Å². The van der Waals surface area contributed by atoms with Crippen molar-refractivity contribution < 1.29 is 4.79 Å². The van der Waals surface area contributed by atoms with Crippen LogP contribution >= 0.6 is 0 Å². The SMILES string of the molecule is Nc1ncccc1CN1CCC2(CCC(=O)N(C3CCCC3)C2)CC1. The van der Waals surface area contributed by atoms with Gasteiger partial charge in [-0.3, -0.25) is 9.69 Å². The Bertz CT molecular complexity index is 618. The molecule has 3 heterocycles. The number of pyridine rings is 1. The van der Waals surface area contributed by atoms with Gasteiger partial charge in [0.25, 0.3) is 0 Å². The molecule has 2 N–H and O–H groups in total. The zero-order chi connectivity index (χ0) is 17.3. The molecule has 5 heteroatoms. The Labute approximate surface area is 150 Å². The molecule has 0 bridgehead atoms. The first-order chi connectivity index (χ1) is 12.2. The van der Waals surface area contributed by atoms with E-state index in [2.05, 4.69) is 20.9 Å². The van der Waals surface area contributed by atoms with Crippen LogP contribution in [0.1, 0.15) is 56.9 Å². The first-order valence-corrected chi connectivity index (χ1v) is 9.86. The van der Waals surface area contributed by atoms with Crippen LogP contribution in [0.4, 0.5) is 5.82 Å². The summed E-state index contributed by atoms with van der Waals surface area (Å²) in [6, 6.07) is 4.56. The molecule has 0 aromatic carbocycles. The van der Waals surface area contributed by atoms with Crippen molar-refractivity contribution in [1.82, 2.24) is 14.8 Å². The number of carbonyl (C=O) groups excluding carboxylic acids is 1. The molecule has 1 aliphatic carbocycles. The number of hydrogen-bond acceptors (Lipinski definition) is 4. The first kappa shape index (κ1) is 16.8. The zero-order valence-electron chi connectivity index (χ0n) is 15.1. The standard InChI is InChI=1S/C20H30N4O/c21-19-16(4-3-11-22-19)14-23-12-9-20(10-13-23)8-7-18(25)24(15-20)17-5-1-2-6-17/h3-4,11,17H,1-2,5-10,12-15H2,(H2,21,22). The molecule has 1 aromatic rings. The van der Waals surface area contributed by atoms with Gasteiger partial charge in [-0.05, 0) is 56.7 Å². The number of likely N-dealkylation sites (tertiary alicyclic amines) is 2. The van der Waals surface area contributed by atoms with Crippen LogP contribution in [0.2, 0.25) is 0 Å². The molecule has 0 unspecified atom stereocenters. The van der Waals surface area contributed by atoms with Crippen LogP contribution in [-0.4, -0.2) is 46.4 Å². The summed E-state index contributed by atoms with van der Waals surface area (Å²) in [5.74, 6) is 1.06. The second-order valence-corrected chi connectivity index (χ2v) is 8.28. The Hall–Kier alpha value is -1.62. The Balaban J connectivity index is 1.37. The van der Waals surface area contributed by atoms with E-state index >= 15 is 0 Å². The second kappa shape index (κ2) is 6.94. The third-order valence-electron chi connectivity index (χ3n) is 6.70. The van der Waals surface area contributed by atoms with Crippen molar-refractivity contribution in [3.05, 3.63) is 23.9 Å². The Morgan fingerprint density at radius 3 is 2.68 bits per heavy atom. The fraction of sp³-hybridized carbons (Fsp3) is 0.700. The quantitative estimate of drug-likeness (QED) is 0.917. The second-order valence-electron chi connectivity index (χ2n) is 8.28. The summed E-state index contributed by atoms with van der Waals surface area (Å²) in [6.07, 6.45) is 11.0. The van der Waals surface area contributed by atoms with Crippen molar-refractivity contribution in [2.45, 2.75) is 64.0 Å². The van der Waals surface area contributed by atoms with Gasteiger partial charge >= 0.3 is 0 Å². The molecule has 0 atom stereocenters. The highest BCUT2D eigenvalue weighted by Gasteiger charge is 2.43. The number of aromatic nitrogens is 1. The summed E-state index contributed by atoms with van der Waals surface area (Å²) < 4.78 is 0. The number of piperidine rings is 2. The monoisotopic (exact) mass is 342 g/mol. The lowest BCUT2D eigenvalue weighted by Gasteiger charge is -2.49. The molecule has 25 heavy (non-hydrogen) atoms. The summed E-state index contributed by atoms with van der Waals surface area (Å²) in [7, 11) is 0. The van der Waals surface area contributed by atoms with E-state index in [1.54, 1.807) is 6.20 Å². The van der Waals surface area contributed by atoms with Crippen LogP contribution < -0.4 is 5.73 Å². The summed E-state index contributed by atoms with van der Waals surface area (Å²) >= 11 is 0. The molecular formula is C20H30N4O. The smallest absolute Gasteiger partial charge is 0.222 e. The van der Waals surface area contributed by atoms with E-state index in [0.29, 0.717) is 23.2 Å². The third-order valence-corrected chi connectivity index (χ3v) is 6.70. The van der Waals surface area contributed by atoms with Crippen molar-refractivity contribution in [2.75, 3.05) is 25.4 Å². The van der Waals surface area contributed by atoms with Crippen LogP contribution in [0.5, 0.6) is 0 Å². The predicted molar refractivity (Wildman–Crippen MR) is 98.8 cm³/mol. The fourth-order valence-corrected chi connectivity index (χ4v) is 5.01. The van der Waals surface area contributed by atoms with E-state index in [9.17, 15) is 4.79 Å². The molecule has 1 amide bonds. The molecule has 0 radical (unpaired) electrons. The van der Waals surface area contributed by atoms with Gasteiger partial charge in [0.2, 0.25) is 5.91 Å². The number of amides is 1. The van der Waals surface area contributed by atoms with Crippen molar-refractivity contribution in [3.8, 4) is 0 Å². The minimum Gasteiger partial charge on any atom is -0.383 e. The highest BCUT2D eigenvalue weighted by molar-refractivity contribution is 5.77. The van der Waals surface area contributed by atoms with Gasteiger partial charge in [0.05, 0.1) is 0 Å². The summed E-state index contributed by atoms with van der Waals surface area (Å²) in [6.45, 7) is 4.09. The van der Waals surface area contributed by atoms with Crippen LogP contribution in [0, 0.1) is 5.41 Å². The average molecular weight is 342 g/mol. The lowest BCUT2D eigenvalue weighted by atomic mass is 9.72. The van der Waals surface area contributed by atoms with Crippen LogP contribution in [0.15, 0.2) is 18.3 Å². The first-order valence-electron chi connectivity index (χ1n) is 9.86. The lowest BCUT2D eigenvalue weighted by molar-refractivity contribution is -0.142. The highest BCUT2D eigenvalue weighted by atomic mass is 16.2. The molecule has 1 spiro atoms. The number of hydrogen-bond donors (Lipinski definition) is 1. The van der Waals surface area contributed by atoms with E-state index in [0.717, 1.165) is 44.6 Å². The van der Waals surface area contributed by atoms with E-state index in [1.165, 1.54) is 38.5 Å². The van der Waals surface area contributed by atoms with Crippen LogP contribution in [-0.2, 0) is 11.3 Å². The van der Waals surface area contributed by atoms with Gasteiger partial charge < -0.3 is 10.6 Å². The minimum atomic E-state index is 0.355. The van der Waals surface area contributed by atoms with Gasteiger partial charge in [-0.2, -0.15) is 0 Å². The van der Waals surface area contributed by atoms with Crippen molar-refractivity contribution in [2.24, 2.45) is 5.41 Å². The number of nitrogens with zero attached hydrogens (tertiary/aromatic N) is 3. The van der Waals surface area contributed by atoms with Crippen LogP contribution in [0.25, 0.3) is 0 Å². The van der Waals surface area contributed by atoms with E-state index in [-0.39, 0.29) is 0 Å². The van der Waals surface area contributed by atoms with Gasteiger partial charge in [-0.15, -0.1) is 0 Å². The molecule has 3 fully saturated rings. The lowest BCUT2D eigenvalue weighted by Crippen LogP contribution is -2.53. The summed E-state index contributed by atoms with van der Waals surface area (Å²) in [5, 5.41) is 0. The van der Waals surface area contributed by atoms with Crippen molar-refractivity contribution in [3.63, 3.8) is 0 Å².